The SMILES string of the molecule is O=C1C[C@@H](O)[C@H](/C=C/[C@H](O)C2CCCCC2)[C@H]1CCCCCCCO. The molecule has 0 aromatic heterocycles. The summed E-state index contributed by atoms with van der Waals surface area (Å²) in [6, 6.07) is 0. The van der Waals surface area contributed by atoms with E-state index < -0.39 is 12.2 Å². The van der Waals surface area contributed by atoms with Crippen LogP contribution in [0.1, 0.15) is 77.0 Å². The quantitative estimate of drug-likeness (QED) is 0.416. The number of hydrogen-bond acceptors (Lipinski definition) is 4. The molecule has 0 unspecified atom stereocenters. The van der Waals surface area contributed by atoms with E-state index in [-0.39, 0.29) is 30.6 Å². The third-order valence-electron chi connectivity index (χ3n) is 6.07. The number of rotatable bonds is 10. The lowest BCUT2D eigenvalue weighted by Gasteiger charge is -2.25. The average Bonchev–Trinajstić information content (AvgIpc) is 2.89. The van der Waals surface area contributed by atoms with Gasteiger partial charge in [0.15, 0.2) is 0 Å². The molecule has 0 bridgehead atoms. The zero-order chi connectivity index (χ0) is 18.1. The summed E-state index contributed by atoms with van der Waals surface area (Å²) in [7, 11) is 0. The van der Waals surface area contributed by atoms with Crippen molar-refractivity contribution in [2.24, 2.45) is 17.8 Å². The zero-order valence-electron chi connectivity index (χ0n) is 15.5. The fraction of sp³-hybridized carbons (Fsp3) is 0.857. The van der Waals surface area contributed by atoms with Crippen molar-refractivity contribution < 1.29 is 20.1 Å². The van der Waals surface area contributed by atoms with Crippen LogP contribution in [0, 0.1) is 17.8 Å². The molecule has 0 spiro atoms. The van der Waals surface area contributed by atoms with Gasteiger partial charge in [-0.3, -0.25) is 4.79 Å². The molecule has 2 rings (SSSR count). The summed E-state index contributed by atoms with van der Waals surface area (Å²) in [6.45, 7) is 0.253. The van der Waals surface area contributed by atoms with E-state index in [4.69, 9.17) is 5.11 Å². The van der Waals surface area contributed by atoms with E-state index in [9.17, 15) is 15.0 Å². The first-order valence-electron chi connectivity index (χ1n) is 10.3. The van der Waals surface area contributed by atoms with E-state index in [1.54, 1.807) is 0 Å². The summed E-state index contributed by atoms with van der Waals surface area (Å²) in [5, 5.41) is 29.4. The van der Waals surface area contributed by atoms with E-state index >= 15 is 0 Å². The molecule has 2 saturated carbocycles. The Bertz CT molecular complexity index is 414. The van der Waals surface area contributed by atoms with Crippen molar-refractivity contribution in [3.8, 4) is 0 Å². The molecule has 0 radical (unpaired) electrons. The van der Waals surface area contributed by atoms with Crippen molar-refractivity contribution in [1.29, 1.82) is 0 Å². The van der Waals surface area contributed by atoms with Gasteiger partial charge in [0.05, 0.1) is 12.2 Å². The highest BCUT2D eigenvalue weighted by Gasteiger charge is 2.39. The van der Waals surface area contributed by atoms with Crippen LogP contribution in [-0.2, 0) is 4.79 Å². The van der Waals surface area contributed by atoms with Crippen LogP contribution in [0.4, 0.5) is 0 Å². The molecule has 25 heavy (non-hydrogen) atoms. The molecule has 2 fully saturated rings. The van der Waals surface area contributed by atoms with Crippen molar-refractivity contribution in [2.45, 2.75) is 89.3 Å². The average molecular weight is 353 g/mol. The van der Waals surface area contributed by atoms with E-state index in [0.717, 1.165) is 51.4 Å². The van der Waals surface area contributed by atoms with E-state index in [2.05, 4.69) is 0 Å². The Labute approximate surface area is 152 Å². The van der Waals surface area contributed by atoms with Crippen molar-refractivity contribution in [3.05, 3.63) is 12.2 Å². The first-order valence-corrected chi connectivity index (χ1v) is 10.3. The number of unbranched alkanes of at least 4 members (excludes halogenated alkanes) is 4. The highest BCUT2D eigenvalue weighted by molar-refractivity contribution is 5.84. The first-order chi connectivity index (χ1) is 12.1. The van der Waals surface area contributed by atoms with Gasteiger partial charge < -0.3 is 15.3 Å². The Morgan fingerprint density at radius 1 is 1.04 bits per heavy atom. The number of aliphatic hydroxyl groups excluding tert-OH is 3. The number of ketones is 1. The molecular weight excluding hydrogens is 316 g/mol. The molecule has 2 aliphatic carbocycles. The van der Waals surface area contributed by atoms with Gasteiger partial charge >= 0.3 is 0 Å². The van der Waals surface area contributed by atoms with Crippen LogP contribution in [0.5, 0.6) is 0 Å². The fourth-order valence-corrected chi connectivity index (χ4v) is 4.47. The maximum absolute atomic E-state index is 12.2. The summed E-state index contributed by atoms with van der Waals surface area (Å²) in [6.07, 6.45) is 14.7. The third kappa shape index (κ3) is 6.50. The first kappa shape index (κ1) is 20.6. The largest absolute Gasteiger partial charge is 0.396 e. The van der Waals surface area contributed by atoms with Gasteiger partial charge in [0, 0.05) is 24.9 Å². The summed E-state index contributed by atoms with van der Waals surface area (Å²) < 4.78 is 0. The van der Waals surface area contributed by atoms with Gasteiger partial charge in [0.1, 0.15) is 5.78 Å². The lowest BCUT2D eigenvalue weighted by Crippen LogP contribution is -2.23. The highest BCUT2D eigenvalue weighted by atomic mass is 16.3. The molecule has 4 nitrogen and oxygen atoms in total. The van der Waals surface area contributed by atoms with Gasteiger partial charge in [0.25, 0.3) is 0 Å². The normalized spacial score (nSPS) is 29.6. The highest BCUT2D eigenvalue weighted by Crippen LogP contribution is 2.35. The predicted octanol–water partition coefficient (Wildman–Crippen LogP) is 3.38. The number of Topliss-reactive ketones (excluding diaryl/α,β-unsaturated/α-hetero) is 1. The third-order valence-corrected chi connectivity index (χ3v) is 6.07. The molecule has 0 saturated heterocycles. The van der Waals surface area contributed by atoms with Gasteiger partial charge in [-0.2, -0.15) is 0 Å². The minimum atomic E-state index is -0.596. The number of carbonyl (C=O) groups excluding carboxylic acids is 1. The monoisotopic (exact) mass is 352 g/mol. The molecule has 144 valence electrons. The van der Waals surface area contributed by atoms with Crippen LogP contribution >= 0.6 is 0 Å². The van der Waals surface area contributed by atoms with Crippen molar-refractivity contribution in [3.63, 3.8) is 0 Å². The molecule has 4 atom stereocenters. The second-order valence-electron chi connectivity index (χ2n) is 7.98. The molecule has 0 amide bonds. The van der Waals surface area contributed by atoms with Crippen molar-refractivity contribution in [2.75, 3.05) is 6.61 Å². The Morgan fingerprint density at radius 2 is 1.72 bits per heavy atom. The fourth-order valence-electron chi connectivity index (χ4n) is 4.47. The van der Waals surface area contributed by atoms with Crippen LogP contribution in [0.25, 0.3) is 0 Å². The number of hydrogen-bond donors (Lipinski definition) is 3. The zero-order valence-corrected chi connectivity index (χ0v) is 15.5. The van der Waals surface area contributed by atoms with Gasteiger partial charge in [-0.15, -0.1) is 0 Å². The standard InChI is InChI=1S/C21H36O4/c22-14-8-3-1-2-7-11-17-18(21(25)15-20(17)24)12-13-19(23)16-9-5-4-6-10-16/h12-13,16-19,21-23,25H,1-11,14-15H2/b13-12+/t17-,18-,19+,21-/m1/s1. The maximum Gasteiger partial charge on any atom is 0.139 e. The summed E-state index contributed by atoms with van der Waals surface area (Å²) in [5.41, 5.74) is 0. The minimum Gasteiger partial charge on any atom is -0.396 e. The van der Waals surface area contributed by atoms with E-state index in [1.807, 2.05) is 12.2 Å². The molecule has 2 aliphatic rings. The second kappa shape index (κ2) is 11.1. The summed E-state index contributed by atoms with van der Waals surface area (Å²) in [5.74, 6) is 0.278. The maximum atomic E-state index is 12.2. The van der Waals surface area contributed by atoms with Crippen LogP contribution in [0.3, 0.4) is 0 Å². The Morgan fingerprint density at radius 3 is 2.44 bits per heavy atom. The van der Waals surface area contributed by atoms with Crippen LogP contribution < -0.4 is 0 Å². The van der Waals surface area contributed by atoms with Gasteiger partial charge in [0.2, 0.25) is 0 Å². The Kier molecular flexibility index (Phi) is 9.14. The molecular formula is C21H36O4. The lowest BCUT2D eigenvalue weighted by atomic mass is 9.83. The Balaban J connectivity index is 1.81. The van der Waals surface area contributed by atoms with Crippen LogP contribution in [-0.4, -0.2) is 39.9 Å². The molecule has 3 N–H and O–H groups in total. The minimum absolute atomic E-state index is 0.0948. The molecule has 0 aromatic carbocycles. The summed E-state index contributed by atoms with van der Waals surface area (Å²) >= 11 is 0. The predicted molar refractivity (Wildman–Crippen MR) is 99.1 cm³/mol. The van der Waals surface area contributed by atoms with E-state index in [1.165, 1.54) is 19.3 Å². The van der Waals surface area contributed by atoms with Crippen molar-refractivity contribution >= 4 is 5.78 Å². The number of carbonyl (C=O) groups is 1. The van der Waals surface area contributed by atoms with Crippen LogP contribution in [0.15, 0.2) is 12.2 Å². The van der Waals surface area contributed by atoms with Crippen LogP contribution in [0.2, 0.25) is 0 Å². The second-order valence-corrected chi connectivity index (χ2v) is 7.98. The van der Waals surface area contributed by atoms with Gasteiger partial charge in [-0.05, 0) is 31.6 Å². The van der Waals surface area contributed by atoms with Gasteiger partial charge in [-0.1, -0.05) is 57.1 Å². The topological polar surface area (TPSA) is 77.8 Å². The number of aliphatic hydroxyl groups is 3. The van der Waals surface area contributed by atoms with Gasteiger partial charge in [-0.25, -0.2) is 0 Å². The molecule has 0 heterocycles. The molecule has 0 aliphatic heterocycles. The Hall–Kier alpha value is -0.710. The van der Waals surface area contributed by atoms with Crippen molar-refractivity contribution in [1.82, 2.24) is 0 Å². The smallest absolute Gasteiger partial charge is 0.139 e. The molecule has 0 aromatic rings. The molecule has 4 heteroatoms. The van der Waals surface area contributed by atoms with E-state index in [0.29, 0.717) is 5.92 Å². The lowest BCUT2D eigenvalue weighted by molar-refractivity contribution is -0.121. The summed E-state index contributed by atoms with van der Waals surface area (Å²) in [4.78, 5) is 12.2.